The second-order valence-corrected chi connectivity index (χ2v) is 3.42. The van der Waals surface area contributed by atoms with E-state index >= 15 is 0 Å². The SMILES string of the molecule is CN(C)CCSP. The van der Waals surface area contributed by atoms with Crippen molar-refractivity contribution in [2.75, 3.05) is 26.4 Å². The summed E-state index contributed by atoms with van der Waals surface area (Å²) in [5.41, 5.74) is 0. The second-order valence-electron chi connectivity index (χ2n) is 1.67. The molecule has 1 atom stereocenters. The first kappa shape index (κ1) is 7.74. The molecule has 0 saturated carbocycles. The van der Waals surface area contributed by atoms with Crippen molar-refractivity contribution < 1.29 is 0 Å². The van der Waals surface area contributed by atoms with Gasteiger partial charge in [-0.3, -0.25) is 0 Å². The molecule has 1 nitrogen and oxygen atoms in total. The molecule has 0 bridgehead atoms. The van der Waals surface area contributed by atoms with E-state index in [9.17, 15) is 0 Å². The number of hydrogen-bond donors (Lipinski definition) is 0. The monoisotopic (exact) mass is 137 g/mol. The smallest absolute Gasteiger partial charge is 0.00969 e. The molecule has 0 amide bonds. The fourth-order valence-electron chi connectivity index (χ4n) is 0.235. The number of rotatable bonds is 3. The summed E-state index contributed by atoms with van der Waals surface area (Å²) in [7, 11) is 6.80. The van der Waals surface area contributed by atoms with Crippen LogP contribution >= 0.6 is 19.8 Å². The van der Waals surface area contributed by atoms with E-state index in [2.05, 4.69) is 27.4 Å². The molecule has 0 fully saturated rings. The Morgan fingerprint density at radius 3 is 2.29 bits per heavy atom. The van der Waals surface area contributed by atoms with Crippen LogP contribution in [0.15, 0.2) is 0 Å². The maximum absolute atomic E-state index is 2.63. The van der Waals surface area contributed by atoms with Crippen molar-refractivity contribution in [3.05, 3.63) is 0 Å². The highest BCUT2D eigenvalue weighted by Crippen LogP contribution is 2.08. The van der Waals surface area contributed by atoms with Gasteiger partial charge in [0.25, 0.3) is 0 Å². The summed E-state index contributed by atoms with van der Waals surface area (Å²) in [6, 6.07) is 0. The molecule has 0 N–H and O–H groups in total. The normalized spacial score (nSPS) is 10.3. The molecule has 0 saturated heterocycles. The standard InChI is InChI=1S/C4H12NPS/c1-5(2)3-4-7-6/h3-4,6H2,1-2H3. The molecule has 0 radical (unpaired) electrons. The molecule has 0 heterocycles. The fraction of sp³-hybridized carbons (Fsp3) is 1.00. The maximum atomic E-state index is 2.63. The Balaban J connectivity index is 2.68. The Morgan fingerprint density at radius 2 is 2.14 bits per heavy atom. The van der Waals surface area contributed by atoms with Gasteiger partial charge in [-0.15, -0.1) is 11.4 Å². The zero-order valence-electron chi connectivity index (χ0n) is 4.85. The third-order valence-corrected chi connectivity index (χ3v) is 1.78. The predicted molar refractivity (Wildman–Crippen MR) is 40.7 cm³/mol. The first-order chi connectivity index (χ1) is 3.27. The molecule has 0 aromatic heterocycles. The van der Waals surface area contributed by atoms with Gasteiger partial charge in [0.1, 0.15) is 0 Å². The molecule has 0 aliphatic carbocycles. The van der Waals surface area contributed by atoms with E-state index in [0.29, 0.717) is 0 Å². The average molecular weight is 137 g/mol. The van der Waals surface area contributed by atoms with Crippen LogP contribution in [0, 0.1) is 0 Å². The van der Waals surface area contributed by atoms with Gasteiger partial charge in [0, 0.05) is 12.3 Å². The van der Waals surface area contributed by atoms with Crippen LogP contribution in [0.5, 0.6) is 0 Å². The number of nitrogens with zero attached hydrogens (tertiary/aromatic N) is 1. The molecule has 0 aliphatic rings. The number of hydrogen-bond acceptors (Lipinski definition) is 2. The zero-order valence-corrected chi connectivity index (χ0v) is 6.82. The van der Waals surface area contributed by atoms with Crippen molar-refractivity contribution >= 4 is 19.8 Å². The first-order valence-corrected chi connectivity index (χ1v) is 4.70. The first-order valence-electron chi connectivity index (χ1n) is 2.24. The Bertz CT molecular complexity index is 40.7. The van der Waals surface area contributed by atoms with Crippen molar-refractivity contribution in [2.45, 2.75) is 0 Å². The lowest BCUT2D eigenvalue weighted by atomic mass is 10.7. The van der Waals surface area contributed by atoms with Crippen LogP contribution in [0.1, 0.15) is 0 Å². The topological polar surface area (TPSA) is 3.24 Å². The lowest BCUT2D eigenvalue weighted by Gasteiger charge is -2.05. The fourth-order valence-corrected chi connectivity index (χ4v) is 1.02. The molecule has 7 heavy (non-hydrogen) atoms. The quantitative estimate of drug-likeness (QED) is 0.535. The second kappa shape index (κ2) is 4.89. The molecule has 0 aromatic rings. The van der Waals surface area contributed by atoms with Gasteiger partial charge >= 0.3 is 0 Å². The summed E-state index contributed by atoms with van der Waals surface area (Å²) in [6.07, 6.45) is 0. The van der Waals surface area contributed by atoms with Gasteiger partial charge < -0.3 is 4.90 Å². The lowest BCUT2D eigenvalue weighted by molar-refractivity contribution is 0.438. The van der Waals surface area contributed by atoms with Gasteiger partial charge in [0.2, 0.25) is 0 Å². The molecular formula is C4H12NPS. The molecule has 0 rings (SSSR count). The summed E-state index contributed by atoms with van der Waals surface area (Å²) in [4.78, 5) is 2.18. The highest BCUT2D eigenvalue weighted by atomic mass is 32.7. The van der Waals surface area contributed by atoms with Crippen LogP contribution in [0.4, 0.5) is 0 Å². The highest BCUT2D eigenvalue weighted by Gasteiger charge is 1.84. The van der Waals surface area contributed by atoms with Crippen molar-refractivity contribution in [2.24, 2.45) is 0 Å². The van der Waals surface area contributed by atoms with Crippen LogP contribution in [-0.2, 0) is 0 Å². The zero-order chi connectivity index (χ0) is 5.70. The average Bonchev–Trinajstić information content (AvgIpc) is 1.61. The maximum Gasteiger partial charge on any atom is 0.00969 e. The summed E-state index contributed by atoms with van der Waals surface area (Å²) in [5.74, 6) is 1.21. The third kappa shape index (κ3) is 6.74. The van der Waals surface area contributed by atoms with Crippen LogP contribution in [0.3, 0.4) is 0 Å². The van der Waals surface area contributed by atoms with E-state index in [-0.39, 0.29) is 0 Å². The van der Waals surface area contributed by atoms with Gasteiger partial charge in [-0.05, 0) is 14.1 Å². The summed E-state index contributed by atoms with van der Waals surface area (Å²) >= 11 is 1.80. The Morgan fingerprint density at radius 1 is 1.57 bits per heavy atom. The van der Waals surface area contributed by atoms with Gasteiger partial charge in [0.15, 0.2) is 0 Å². The van der Waals surface area contributed by atoms with E-state index in [4.69, 9.17) is 0 Å². The minimum absolute atomic E-state index is 1.17. The Hall–Kier alpha value is 0.740. The largest absolute Gasteiger partial charge is 0.309 e. The Kier molecular flexibility index (Phi) is 5.41. The lowest BCUT2D eigenvalue weighted by Crippen LogP contribution is -2.14. The van der Waals surface area contributed by atoms with E-state index in [1.54, 1.807) is 11.4 Å². The summed E-state index contributed by atoms with van der Waals surface area (Å²) < 4.78 is 0. The minimum atomic E-state index is 1.17. The summed E-state index contributed by atoms with van der Waals surface area (Å²) in [5, 5.41) is 0. The van der Waals surface area contributed by atoms with E-state index in [1.165, 1.54) is 12.3 Å². The molecule has 0 aromatic carbocycles. The molecule has 0 spiro atoms. The molecule has 3 heteroatoms. The van der Waals surface area contributed by atoms with Crippen LogP contribution < -0.4 is 0 Å². The predicted octanol–water partition coefficient (Wildman–Crippen LogP) is 1.07. The van der Waals surface area contributed by atoms with Gasteiger partial charge in [0.05, 0.1) is 0 Å². The van der Waals surface area contributed by atoms with Crippen molar-refractivity contribution in [1.82, 2.24) is 4.90 Å². The van der Waals surface area contributed by atoms with Crippen LogP contribution in [0.25, 0.3) is 0 Å². The molecule has 0 aliphatic heterocycles. The molecule has 1 unspecified atom stereocenters. The molecule has 44 valence electrons. The van der Waals surface area contributed by atoms with Crippen molar-refractivity contribution in [3.8, 4) is 0 Å². The molecular weight excluding hydrogens is 125 g/mol. The summed E-state index contributed by atoms with van der Waals surface area (Å²) in [6.45, 7) is 1.17. The third-order valence-electron chi connectivity index (χ3n) is 0.656. The Labute approximate surface area is 51.8 Å². The van der Waals surface area contributed by atoms with E-state index in [1.807, 2.05) is 0 Å². The van der Waals surface area contributed by atoms with Crippen molar-refractivity contribution in [3.63, 3.8) is 0 Å². The van der Waals surface area contributed by atoms with Crippen LogP contribution in [0.2, 0.25) is 0 Å². The van der Waals surface area contributed by atoms with Gasteiger partial charge in [-0.2, -0.15) is 0 Å². The van der Waals surface area contributed by atoms with Gasteiger partial charge in [-0.25, -0.2) is 0 Å². The van der Waals surface area contributed by atoms with Gasteiger partial charge in [-0.1, -0.05) is 8.44 Å². The minimum Gasteiger partial charge on any atom is -0.309 e. The highest BCUT2D eigenvalue weighted by molar-refractivity contribution is 8.43. The van der Waals surface area contributed by atoms with E-state index in [0.717, 1.165) is 0 Å². The van der Waals surface area contributed by atoms with Crippen LogP contribution in [-0.4, -0.2) is 31.3 Å². The van der Waals surface area contributed by atoms with E-state index < -0.39 is 0 Å². The van der Waals surface area contributed by atoms with Crippen molar-refractivity contribution in [1.29, 1.82) is 0 Å².